The second-order valence-electron chi connectivity index (χ2n) is 5.38. The first kappa shape index (κ1) is 12.2. The molecule has 2 N–H and O–H groups in total. The van der Waals surface area contributed by atoms with Crippen LogP contribution in [0.15, 0.2) is 18.3 Å². The molecule has 1 atom stereocenters. The van der Waals surface area contributed by atoms with Crippen LogP contribution in [0.5, 0.6) is 0 Å². The van der Waals surface area contributed by atoms with E-state index in [2.05, 4.69) is 5.32 Å². The summed E-state index contributed by atoms with van der Waals surface area (Å²) in [6, 6.07) is 4.20. The molecule has 0 bridgehead atoms. The van der Waals surface area contributed by atoms with Crippen molar-refractivity contribution < 1.29 is 9.90 Å². The van der Waals surface area contributed by atoms with Gasteiger partial charge in [0.2, 0.25) is 0 Å². The first-order valence-electron chi connectivity index (χ1n) is 6.09. The van der Waals surface area contributed by atoms with E-state index >= 15 is 0 Å². The van der Waals surface area contributed by atoms with Gasteiger partial charge in [0.25, 0.3) is 5.91 Å². The van der Waals surface area contributed by atoms with Crippen molar-refractivity contribution in [1.29, 1.82) is 0 Å². The van der Waals surface area contributed by atoms with E-state index in [9.17, 15) is 9.90 Å². The normalized spacial score (nSPS) is 17.9. The zero-order chi connectivity index (χ0) is 12.6. The number of rotatable bonds is 4. The number of carbonyl (C=O) groups is 1. The fraction of sp³-hybridized carbons (Fsp3) is 0.615. The molecule has 94 valence electrons. The zero-order valence-electron chi connectivity index (χ0n) is 10.6. The quantitative estimate of drug-likeness (QED) is 0.836. The summed E-state index contributed by atoms with van der Waals surface area (Å²) in [6.45, 7) is 5.32. The number of nitrogens with zero attached hydrogens (tertiary/aromatic N) is 1. The molecule has 0 aliphatic heterocycles. The van der Waals surface area contributed by atoms with Crippen LogP contribution in [0.3, 0.4) is 0 Å². The lowest BCUT2D eigenvalue weighted by molar-refractivity contribution is 0.0702. The van der Waals surface area contributed by atoms with Gasteiger partial charge in [0, 0.05) is 12.2 Å². The molecule has 0 spiro atoms. The molecule has 1 aliphatic rings. The Morgan fingerprint density at radius 3 is 2.76 bits per heavy atom. The smallest absolute Gasteiger partial charge is 0.268 e. The lowest BCUT2D eigenvalue weighted by atomic mass is 9.98. The van der Waals surface area contributed by atoms with Crippen LogP contribution >= 0.6 is 0 Å². The summed E-state index contributed by atoms with van der Waals surface area (Å²) in [6.07, 6.45) is 3.65. The second-order valence-corrected chi connectivity index (χ2v) is 5.38. The average molecular weight is 236 g/mol. The molecule has 0 aromatic carbocycles. The van der Waals surface area contributed by atoms with Crippen LogP contribution in [0.4, 0.5) is 0 Å². The fourth-order valence-corrected chi connectivity index (χ4v) is 1.72. The summed E-state index contributed by atoms with van der Waals surface area (Å²) < 4.78 is 2.02. The second kappa shape index (κ2) is 4.18. The summed E-state index contributed by atoms with van der Waals surface area (Å²) in [5.41, 5.74) is 0.0663. The monoisotopic (exact) mass is 236 g/mol. The first-order valence-corrected chi connectivity index (χ1v) is 6.09. The molecule has 17 heavy (non-hydrogen) atoms. The molecule has 1 amide bonds. The molecule has 2 rings (SSSR count). The van der Waals surface area contributed by atoms with Crippen LogP contribution in [0.1, 0.15) is 50.1 Å². The van der Waals surface area contributed by atoms with Gasteiger partial charge in [0.05, 0.1) is 11.6 Å². The third-order valence-electron chi connectivity index (χ3n) is 3.43. The number of aliphatic hydroxyl groups excluding tert-OH is 1. The van der Waals surface area contributed by atoms with Crippen molar-refractivity contribution in [2.24, 2.45) is 0 Å². The number of hydrogen-bond acceptors (Lipinski definition) is 2. The fourth-order valence-electron chi connectivity index (χ4n) is 1.72. The third-order valence-corrected chi connectivity index (χ3v) is 3.43. The van der Waals surface area contributed by atoms with Crippen LogP contribution < -0.4 is 5.32 Å². The van der Waals surface area contributed by atoms with Crippen molar-refractivity contribution >= 4 is 5.91 Å². The summed E-state index contributed by atoms with van der Waals surface area (Å²) in [5.74, 6) is -0.118. The van der Waals surface area contributed by atoms with Gasteiger partial charge >= 0.3 is 0 Å². The Balaban J connectivity index is 2.12. The molecule has 4 nitrogen and oxygen atoms in total. The molecule has 4 heteroatoms. The lowest BCUT2D eigenvalue weighted by Gasteiger charge is -2.29. The van der Waals surface area contributed by atoms with Crippen LogP contribution in [0.25, 0.3) is 0 Å². The Labute approximate surface area is 102 Å². The first-order chi connectivity index (χ1) is 7.92. The van der Waals surface area contributed by atoms with E-state index in [-0.39, 0.29) is 5.91 Å². The van der Waals surface area contributed by atoms with Crippen molar-refractivity contribution in [3.63, 3.8) is 0 Å². The Kier molecular flexibility index (Phi) is 3.00. The van der Waals surface area contributed by atoms with E-state index in [1.165, 1.54) is 0 Å². The van der Waals surface area contributed by atoms with Crippen LogP contribution in [0, 0.1) is 0 Å². The highest BCUT2D eigenvalue weighted by molar-refractivity contribution is 5.93. The van der Waals surface area contributed by atoms with Crippen LogP contribution in [-0.4, -0.2) is 27.2 Å². The topological polar surface area (TPSA) is 54.3 Å². The van der Waals surface area contributed by atoms with Crippen LogP contribution in [-0.2, 0) is 0 Å². The van der Waals surface area contributed by atoms with E-state index < -0.39 is 11.6 Å². The summed E-state index contributed by atoms with van der Waals surface area (Å²) in [4.78, 5) is 12.1. The molecular weight excluding hydrogens is 216 g/mol. The molecule has 1 fully saturated rings. The van der Waals surface area contributed by atoms with E-state index in [4.69, 9.17) is 0 Å². The van der Waals surface area contributed by atoms with E-state index in [1.54, 1.807) is 6.92 Å². The van der Waals surface area contributed by atoms with Crippen molar-refractivity contribution in [3.8, 4) is 0 Å². The van der Waals surface area contributed by atoms with Gasteiger partial charge in [-0.1, -0.05) is 0 Å². The highest BCUT2D eigenvalue weighted by atomic mass is 16.3. The maximum absolute atomic E-state index is 12.1. The van der Waals surface area contributed by atoms with Crippen LogP contribution in [0.2, 0.25) is 0 Å². The summed E-state index contributed by atoms with van der Waals surface area (Å²) >= 11 is 0. The Bertz CT molecular complexity index is 417. The van der Waals surface area contributed by atoms with E-state index in [0.29, 0.717) is 11.7 Å². The van der Waals surface area contributed by atoms with Gasteiger partial charge < -0.3 is 15.0 Å². The molecular formula is C13H20N2O2. The highest BCUT2D eigenvalue weighted by Gasteiger charge is 2.30. The standard InChI is InChI=1S/C13H20N2O2/c1-9(16)13(2,3)14-12(17)11-5-4-8-15(11)10-6-7-10/h4-5,8-10,16H,6-7H2,1-3H3,(H,14,17). The number of aliphatic hydroxyl groups is 1. The third kappa shape index (κ3) is 2.52. The van der Waals surface area contributed by atoms with Gasteiger partial charge in [-0.3, -0.25) is 4.79 Å². The average Bonchev–Trinajstić information content (AvgIpc) is 2.95. The number of hydrogen-bond donors (Lipinski definition) is 2. The van der Waals surface area contributed by atoms with Gasteiger partial charge in [-0.05, 0) is 45.7 Å². The van der Waals surface area contributed by atoms with Crippen molar-refractivity contribution in [3.05, 3.63) is 24.0 Å². The minimum Gasteiger partial charge on any atom is -0.391 e. The SMILES string of the molecule is CC(O)C(C)(C)NC(=O)c1cccn1C1CC1. The minimum absolute atomic E-state index is 0.118. The predicted molar refractivity (Wildman–Crippen MR) is 65.9 cm³/mol. The summed E-state index contributed by atoms with van der Waals surface area (Å²) in [5, 5.41) is 12.5. The maximum atomic E-state index is 12.1. The van der Waals surface area contributed by atoms with Gasteiger partial charge in [0.15, 0.2) is 0 Å². The molecule has 1 unspecified atom stereocenters. The molecule has 0 saturated heterocycles. The summed E-state index contributed by atoms with van der Waals surface area (Å²) in [7, 11) is 0. The number of nitrogens with one attached hydrogen (secondary N) is 1. The van der Waals surface area contributed by atoms with Gasteiger partial charge in [-0.25, -0.2) is 0 Å². The van der Waals surface area contributed by atoms with E-state index in [0.717, 1.165) is 12.8 Å². The Morgan fingerprint density at radius 1 is 1.59 bits per heavy atom. The van der Waals surface area contributed by atoms with E-state index in [1.807, 2.05) is 36.7 Å². The Morgan fingerprint density at radius 2 is 2.24 bits per heavy atom. The lowest BCUT2D eigenvalue weighted by Crippen LogP contribution is -2.51. The van der Waals surface area contributed by atoms with Crippen molar-refractivity contribution in [2.75, 3.05) is 0 Å². The zero-order valence-corrected chi connectivity index (χ0v) is 10.6. The molecule has 1 aromatic rings. The Hall–Kier alpha value is -1.29. The predicted octanol–water partition coefficient (Wildman–Crippen LogP) is 1.71. The molecule has 1 aromatic heterocycles. The molecule has 1 aliphatic carbocycles. The van der Waals surface area contributed by atoms with Gasteiger partial charge in [0.1, 0.15) is 5.69 Å². The molecule has 0 radical (unpaired) electrons. The maximum Gasteiger partial charge on any atom is 0.268 e. The van der Waals surface area contributed by atoms with Gasteiger partial charge in [-0.15, -0.1) is 0 Å². The minimum atomic E-state index is -0.615. The number of aromatic nitrogens is 1. The van der Waals surface area contributed by atoms with Crippen molar-refractivity contribution in [2.45, 2.75) is 51.3 Å². The number of carbonyl (C=O) groups excluding carboxylic acids is 1. The molecule has 1 heterocycles. The van der Waals surface area contributed by atoms with Gasteiger partial charge in [-0.2, -0.15) is 0 Å². The molecule has 1 saturated carbocycles. The highest BCUT2D eigenvalue weighted by Crippen LogP contribution is 2.36. The number of amides is 1. The largest absolute Gasteiger partial charge is 0.391 e. The van der Waals surface area contributed by atoms with Crippen molar-refractivity contribution in [1.82, 2.24) is 9.88 Å².